The summed E-state index contributed by atoms with van der Waals surface area (Å²) in [5.74, 6) is 0.651. The Morgan fingerprint density at radius 1 is 1.29 bits per heavy atom. The molecule has 0 radical (unpaired) electrons. The Morgan fingerprint density at radius 2 is 1.95 bits per heavy atom. The fraction of sp³-hybridized carbons (Fsp3) is 0.500. The fourth-order valence-electron chi connectivity index (χ4n) is 2.65. The molecule has 0 bridgehead atoms. The average molecular weight is 300 g/mol. The number of nitrogens with one attached hydrogen (secondary N) is 1. The molecule has 1 aromatic carbocycles. The average Bonchev–Trinajstić information content (AvgIpc) is 2.91. The van der Waals surface area contributed by atoms with Crippen LogP contribution in [0.25, 0.3) is 11.3 Å². The normalized spacial score (nSPS) is 20.0. The molecule has 0 spiro atoms. The number of hydrogen-bond acceptors (Lipinski definition) is 3. The van der Waals surface area contributed by atoms with Crippen LogP contribution in [-0.4, -0.2) is 11.0 Å². The van der Waals surface area contributed by atoms with Gasteiger partial charge in [0.15, 0.2) is 0 Å². The summed E-state index contributed by atoms with van der Waals surface area (Å²) in [6, 6.07) is 11.1. The smallest absolute Gasteiger partial charge is 0.0972 e. The van der Waals surface area contributed by atoms with Crippen molar-refractivity contribution in [3.05, 3.63) is 40.2 Å². The maximum atomic E-state index is 4.99. The van der Waals surface area contributed by atoms with E-state index in [1.165, 1.54) is 27.6 Å². The van der Waals surface area contributed by atoms with E-state index in [-0.39, 0.29) is 0 Å². The first-order valence-corrected chi connectivity index (χ1v) is 8.57. The van der Waals surface area contributed by atoms with Crippen molar-refractivity contribution in [2.45, 2.75) is 52.6 Å². The van der Waals surface area contributed by atoms with E-state index in [4.69, 9.17) is 4.98 Å². The molecule has 1 aliphatic carbocycles. The van der Waals surface area contributed by atoms with Crippen LogP contribution in [0.5, 0.6) is 0 Å². The molecular weight excluding hydrogens is 276 g/mol. The molecule has 2 nitrogen and oxygen atoms in total. The Balaban J connectivity index is 1.92. The summed E-state index contributed by atoms with van der Waals surface area (Å²) in [7, 11) is 0. The highest BCUT2D eigenvalue weighted by molar-refractivity contribution is 7.12. The van der Waals surface area contributed by atoms with Gasteiger partial charge < -0.3 is 5.32 Å². The Bertz CT molecular complexity index is 613. The molecule has 1 saturated carbocycles. The summed E-state index contributed by atoms with van der Waals surface area (Å²) in [5, 5.41) is 4.85. The standard InChI is InChI=1S/C18H24N2S/c1-12(2)19-11-15-16(13-8-6-5-7-9-13)20-17(21-15)14-10-18(14,3)4/h5-9,12,14,19H,10-11H2,1-4H3. The predicted molar refractivity (Wildman–Crippen MR) is 90.7 cm³/mol. The van der Waals surface area contributed by atoms with Crippen LogP contribution < -0.4 is 5.32 Å². The Hall–Kier alpha value is -1.19. The second-order valence-electron chi connectivity index (χ2n) is 6.97. The number of aromatic nitrogens is 1. The molecule has 3 heteroatoms. The molecule has 1 aromatic heterocycles. The zero-order valence-electron chi connectivity index (χ0n) is 13.3. The lowest BCUT2D eigenvalue weighted by Crippen LogP contribution is -2.21. The lowest BCUT2D eigenvalue weighted by molar-refractivity contribution is 0.593. The van der Waals surface area contributed by atoms with Gasteiger partial charge in [0.1, 0.15) is 0 Å². The van der Waals surface area contributed by atoms with Crippen molar-refractivity contribution >= 4 is 11.3 Å². The topological polar surface area (TPSA) is 24.9 Å². The Morgan fingerprint density at radius 3 is 2.52 bits per heavy atom. The molecule has 0 aliphatic heterocycles. The number of hydrogen-bond donors (Lipinski definition) is 1. The van der Waals surface area contributed by atoms with Gasteiger partial charge in [-0.05, 0) is 11.8 Å². The molecule has 1 atom stereocenters. The largest absolute Gasteiger partial charge is 0.310 e. The van der Waals surface area contributed by atoms with Gasteiger partial charge in [-0.3, -0.25) is 0 Å². The van der Waals surface area contributed by atoms with Crippen LogP contribution in [0.4, 0.5) is 0 Å². The van der Waals surface area contributed by atoms with E-state index in [1.807, 2.05) is 11.3 Å². The molecule has 0 saturated heterocycles. The Kier molecular flexibility index (Phi) is 3.89. The summed E-state index contributed by atoms with van der Waals surface area (Å²) in [6.45, 7) is 9.97. The van der Waals surface area contributed by atoms with E-state index in [9.17, 15) is 0 Å². The van der Waals surface area contributed by atoms with Crippen molar-refractivity contribution in [1.29, 1.82) is 0 Å². The van der Waals surface area contributed by atoms with E-state index in [0.717, 1.165) is 6.54 Å². The van der Waals surface area contributed by atoms with Crippen LogP contribution in [0.15, 0.2) is 30.3 Å². The maximum Gasteiger partial charge on any atom is 0.0972 e. The number of nitrogens with zero attached hydrogens (tertiary/aromatic N) is 1. The van der Waals surface area contributed by atoms with Crippen molar-refractivity contribution in [2.24, 2.45) is 5.41 Å². The first-order valence-electron chi connectivity index (χ1n) is 7.76. The molecule has 1 fully saturated rings. The summed E-state index contributed by atoms with van der Waals surface area (Å²) in [5.41, 5.74) is 2.85. The summed E-state index contributed by atoms with van der Waals surface area (Å²) >= 11 is 1.90. The van der Waals surface area contributed by atoms with Gasteiger partial charge in [0, 0.05) is 28.9 Å². The minimum atomic E-state index is 0.439. The highest BCUT2D eigenvalue weighted by Gasteiger charge is 2.48. The zero-order valence-corrected chi connectivity index (χ0v) is 14.1. The number of rotatable bonds is 5. The predicted octanol–water partition coefficient (Wildman–Crippen LogP) is 4.82. The molecule has 112 valence electrons. The Labute approximate surface area is 131 Å². The molecule has 1 unspecified atom stereocenters. The van der Waals surface area contributed by atoms with Crippen LogP contribution in [0, 0.1) is 5.41 Å². The molecule has 21 heavy (non-hydrogen) atoms. The van der Waals surface area contributed by atoms with Crippen molar-refractivity contribution in [1.82, 2.24) is 10.3 Å². The first kappa shape index (κ1) is 14.7. The number of benzene rings is 1. The van der Waals surface area contributed by atoms with Gasteiger partial charge in [-0.1, -0.05) is 58.0 Å². The highest BCUT2D eigenvalue weighted by Crippen LogP contribution is 2.59. The number of thiazole rings is 1. The van der Waals surface area contributed by atoms with Crippen molar-refractivity contribution in [2.75, 3.05) is 0 Å². The highest BCUT2D eigenvalue weighted by atomic mass is 32.1. The van der Waals surface area contributed by atoms with Crippen LogP contribution in [0.3, 0.4) is 0 Å². The van der Waals surface area contributed by atoms with E-state index in [1.54, 1.807) is 0 Å². The maximum absolute atomic E-state index is 4.99. The van der Waals surface area contributed by atoms with Crippen molar-refractivity contribution in [3.8, 4) is 11.3 Å². The van der Waals surface area contributed by atoms with Gasteiger partial charge >= 0.3 is 0 Å². The van der Waals surface area contributed by atoms with Crippen LogP contribution in [0.2, 0.25) is 0 Å². The SMILES string of the molecule is CC(C)NCc1sc(C2CC2(C)C)nc1-c1ccccc1. The lowest BCUT2D eigenvalue weighted by Gasteiger charge is -2.07. The van der Waals surface area contributed by atoms with Crippen molar-refractivity contribution < 1.29 is 0 Å². The fourth-order valence-corrected chi connectivity index (χ4v) is 4.00. The van der Waals surface area contributed by atoms with Crippen molar-refractivity contribution in [3.63, 3.8) is 0 Å². The van der Waals surface area contributed by atoms with Crippen LogP contribution in [-0.2, 0) is 6.54 Å². The molecule has 1 heterocycles. The summed E-state index contributed by atoms with van der Waals surface area (Å²) < 4.78 is 0. The van der Waals surface area contributed by atoms with Gasteiger partial charge in [-0.25, -0.2) is 4.98 Å². The monoisotopic (exact) mass is 300 g/mol. The second-order valence-corrected chi connectivity index (χ2v) is 8.09. The quantitative estimate of drug-likeness (QED) is 0.856. The molecule has 0 amide bonds. The van der Waals surface area contributed by atoms with E-state index in [2.05, 4.69) is 63.3 Å². The third-order valence-electron chi connectivity index (χ3n) is 4.24. The third kappa shape index (κ3) is 3.19. The lowest BCUT2D eigenvalue weighted by atomic mass is 10.1. The zero-order chi connectivity index (χ0) is 15.0. The minimum Gasteiger partial charge on any atom is -0.310 e. The second kappa shape index (κ2) is 5.54. The van der Waals surface area contributed by atoms with Gasteiger partial charge in [0.2, 0.25) is 0 Å². The van der Waals surface area contributed by atoms with E-state index < -0.39 is 0 Å². The molecule has 3 rings (SSSR count). The molecule has 1 aliphatic rings. The summed E-state index contributed by atoms with van der Waals surface area (Å²) in [6.07, 6.45) is 1.27. The molecule has 2 aromatic rings. The molecule has 1 N–H and O–H groups in total. The molecular formula is C18H24N2S. The van der Waals surface area contributed by atoms with E-state index >= 15 is 0 Å². The van der Waals surface area contributed by atoms with Gasteiger partial charge in [0.25, 0.3) is 0 Å². The third-order valence-corrected chi connectivity index (χ3v) is 5.41. The van der Waals surface area contributed by atoms with Crippen LogP contribution in [0.1, 0.15) is 49.9 Å². The van der Waals surface area contributed by atoms with Gasteiger partial charge in [0.05, 0.1) is 10.7 Å². The van der Waals surface area contributed by atoms with E-state index in [0.29, 0.717) is 17.4 Å². The minimum absolute atomic E-state index is 0.439. The van der Waals surface area contributed by atoms with Gasteiger partial charge in [-0.2, -0.15) is 0 Å². The van der Waals surface area contributed by atoms with Gasteiger partial charge in [-0.15, -0.1) is 11.3 Å². The first-order chi connectivity index (χ1) is 9.97. The van der Waals surface area contributed by atoms with Crippen LogP contribution >= 0.6 is 11.3 Å². The summed E-state index contributed by atoms with van der Waals surface area (Å²) in [4.78, 5) is 6.36.